The lowest BCUT2D eigenvalue weighted by Crippen LogP contribution is -2.34. The number of rotatable bonds is 4. The van der Waals surface area contributed by atoms with Gasteiger partial charge in [-0.3, -0.25) is 0 Å². The van der Waals surface area contributed by atoms with Crippen LogP contribution in [0, 0.1) is 5.92 Å². The Kier molecular flexibility index (Phi) is 3.31. The van der Waals surface area contributed by atoms with Crippen molar-refractivity contribution in [3.05, 3.63) is 35.4 Å². The Bertz CT molecular complexity index is 333. The van der Waals surface area contributed by atoms with Crippen LogP contribution in [0.3, 0.4) is 0 Å². The van der Waals surface area contributed by atoms with Crippen molar-refractivity contribution in [1.82, 2.24) is 0 Å². The monoisotopic (exact) mass is 219 g/mol. The van der Waals surface area contributed by atoms with E-state index in [0.29, 0.717) is 0 Å². The minimum atomic E-state index is -0.122. The molecule has 0 amide bonds. The van der Waals surface area contributed by atoms with Gasteiger partial charge in [-0.15, -0.1) is 0 Å². The van der Waals surface area contributed by atoms with E-state index in [1.54, 1.807) is 0 Å². The zero-order chi connectivity index (χ0) is 11.6. The highest BCUT2D eigenvalue weighted by atomic mass is 16.5. The van der Waals surface area contributed by atoms with Crippen LogP contribution in [0.4, 0.5) is 0 Å². The molecule has 1 aliphatic rings. The minimum absolute atomic E-state index is 0.122. The first-order valence-electron chi connectivity index (χ1n) is 5.97. The highest BCUT2D eigenvalue weighted by Gasteiger charge is 2.18. The largest absolute Gasteiger partial charge is 0.381 e. The van der Waals surface area contributed by atoms with Crippen LogP contribution in [0.15, 0.2) is 24.3 Å². The Balaban J connectivity index is 1.93. The van der Waals surface area contributed by atoms with Crippen LogP contribution in [0.25, 0.3) is 0 Å². The van der Waals surface area contributed by atoms with E-state index in [1.165, 1.54) is 11.1 Å². The molecule has 0 aliphatic carbocycles. The van der Waals surface area contributed by atoms with E-state index in [1.807, 2.05) is 0 Å². The average molecular weight is 219 g/mol. The van der Waals surface area contributed by atoms with Crippen molar-refractivity contribution < 1.29 is 4.74 Å². The molecule has 2 heteroatoms. The molecule has 16 heavy (non-hydrogen) atoms. The van der Waals surface area contributed by atoms with E-state index in [2.05, 4.69) is 38.1 Å². The summed E-state index contributed by atoms with van der Waals surface area (Å²) in [6, 6.07) is 8.84. The zero-order valence-electron chi connectivity index (χ0n) is 10.2. The van der Waals surface area contributed by atoms with Gasteiger partial charge in [-0.2, -0.15) is 0 Å². The Morgan fingerprint density at radius 2 is 1.75 bits per heavy atom. The second-order valence-electron chi connectivity index (χ2n) is 5.59. The van der Waals surface area contributed by atoms with E-state index in [-0.39, 0.29) is 5.54 Å². The predicted molar refractivity (Wildman–Crippen MR) is 66.4 cm³/mol. The molecule has 0 aromatic heterocycles. The molecule has 0 unspecified atom stereocenters. The van der Waals surface area contributed by atoms with E-state index in [0.717, 1.165) is 32.0 Å². The second-order valence-corrected chi connectivity index (χ2v) is 5.59. The van der Waals surface area contributed by atoms with Crippen LogP contribution in [-0.2, 0) is 17.6 Å². The van der Waals surface area contributed by atoms with Crippen molar-refractivity contribution in [2.45, 2.75) is 32.2 Å². The third-order valence-electron chi connectivity index (χ3n) is 2.91. The fourth-order valence-corrected chi connectivity index (χ4v) is 2.05. The van der Waals surface area contributed by atoms with Crippen LogP contribution in [0.2, 0.25) is 0 Å². The van der Waals surface area contributed by atoms with E-state index in [4.69, 9.17) is 10.5 Å². The maximum atomic E-state index is 6.00. The Morgan fingerprint density at radius 1 is 1.19 bits per heavy atom. The van der Waals surface area contributed by atoms with Gasteiger partial charge in [-0.1, -0.05) is 24.3 Å². The van der Waals surface area contributed by atoms with Crippen LogP contribution in [0.1, 0.15) is 25.0 Å². The average Bonchev–Trinajstić information content (AvgIpc) is 2.11. The molecule has 2 N–H and O–H groups in total. The number of nitrogens with two attached hydrogens (primary N) is 1. The van der Waals surface area contributed by atoms with Gasteiger partial charge in [0.05, 0.1) is 13.2 Å². The summed E-state index contributed by atoms with van der Waals surface area (Å²) in [5, 5.41) is 0. The molecule has 0 radical (unpaired) electrons. The van der Waals surface area contributed by atoms with Crippen molar-refractivity contribution in [3.63, 3.8) is 0 Å². The molecule has 2 nitrogen and oxygen atoms in total. The molecule has 1 aromatic rings. The normalized spacial score (nSPS) is 17.2. The van der Waals surface area contributed by atoms with Gasteiger partial charge in [0.15, 0.2) is 0 Å². The molecule has 1 aromatic carbocycles. The molecule has 1 saturated heterocycles. The lowest BCUT2D eigenvalue weighted by Gasteiger charge is -2.26. The third-order valence-corrected chi connectivity index (χ3v) is 2.91. The topological polar surface area (TPSA) is 35.2 Å². The molecule has 1 aliphatic heterocycles. The summed E-state index contributed by atoms with van der Waals surface area (Å²) >= 11 is 0. The van der Waals surface area contributed by atoms with E-state index < -0.39 is 0 Å². The second kappa shape index (κ2) is 4.56. The van der Waals surface area contributed by atoms with Crippen molar-refractivity contribution in [2.24, 2.45) is 11.7 Å². The number of ether oxygens (including phenoxy) is 1. The van der Waals surface area contributed by atoms with Crippen molar-refractivity contribution in [2.75, 3.05) is 13.2 Å². The number of hydrogen-bond donors (Lipinski definition) is 1. The first-order chi connectivity index (χ1) is 7.53. The number of hydrogen-bond acceptors (Lipinski definition) is 2. The van der Waals surface area contributed by atoms with Crippen LogP contribution >= 0.6 is 0 Å². The zero-order valence-corrected chi connectivity index (χ0v) is 10.2. The van der Waals surface area contributed by atoms with Gasteiger partial charge in [0.25, 0.3) is 0 Å². The summed E-state index contributed by atoms with van der Waals surface area (Å²) in [5.74, 6) is 0.733. The first-order valence-corrected chi connectivity index (χ1v) is 5.97. The summed E-state index contributed by atoms with van der Waals surface area (Å²) < 4.78 is 5.18. The van der Waals surface area contributed by atoms with Crippen molar-refractivity contribution >= 4 is 0 Å². The molecule has 0 saturated carbocycles. The molecular weight excluding hydrogens is 198 g/mol. The fourth-order valence-electron chi connectivity index (χ4n) is 2.05. The molecule has 88 valence electrons. The van der Waals surface area contributed by atoms with Gasteiger partial charge < -0.3 is 10.5 Å². The molecule has 1 heterocycles. The number of benzene rings is 1. The maximum absolute atomic E-state index is 6.00. The van der Waals surface area contributed by atoms with Gasteiger partial charge >= 0.3 is 0 Å². The lowest BCUT2D eigenvalue weighted by atomic mass is 9.93. The summed E-state index contributed by atoms with van der Waals surface area (Å²) in [7, 11) is 0. The third kappa shape index (κ3) is 3.32. The molecule has 0 atom stereocenters. The molecule has 0 spiro atoms. The maximum Gasteiger partial charge on any atom is 0.0519 e. The molecule has 0 bridgehead atoms. The molecule has 2 rings (SSSR count). The minimum Gasteiger partial charge on any atom is -0.381 e. The predicted octanol–water partition coefficient (Wildman–Crippen LogP) is 2.16. The SMILES string of the molecule is CC(C)(N)Cc1ccc(CC2COC2)cc1. The smallest absolute Gasteiger partial charge is 0.0519 e. The van der Waals surface area contributed by atoms with Gasteiger partial charge in [0.1, 0.15) is 0 Å². The quantitative estimate of drug-likeness (QED) is 0.842. The standard InChI is InChI=1S/C14H21NO/c1-14(2,15)8-12-5-3-11(4-6-12)7-13-9-16-10-13/h3-6,13H,7-10,15H2,1-2H3. The first kappa shape index (κ1) is 11.6. The fraction of sp³-hybridized carbons (Fsp3) is 0.571. The van der Waals surface area contributed by atoms with Gasteiger partial charge in [-0.05, 0) is 37.8 Å². The van der Waals surface area contributed by atoms with Crippen molar-refractivity contribution in [3.8, 4) is 0 Å². The summed E-state index contributed by atoms with van der Waals surface area (Å²) in [5.41, 5.74) is 8.61. The van der Waals surface area contributed by atoms with Gasteiger partial charge in [0.2, 0.25) is 0 Å². The van der Waals surface area contributed by atoms with Crippen LogP contribution < -0.4 is 5.73 Å². The highest BCUT2D eigenvalue weighted by molar-refractivity contribution is 5.24. The Labute approximate surface area is 97.8 Å². The van der Waals surface area contributed by atoms with Gasteiger partial charge in [0, 0.05) is 11.5 Å². The van der Waals surface area contributed by atoms with Gasteiger partial charge in [-0.25, -0.2) is 0 Å². The van der Waals surface area contributed by atoms with Crippen molar-refractivity contribution in [1.29, 1.82) is 0 Å². The summed E-state index contributed by atoms with van der Waals surface area (Å²) in [6.45, 7) is 5.98. The Hall–Kier alpha value is -0.860. The Morgan fingerprint density at radius 3 is 2.19 bits per heavy atom. The van der Waals surface area contributed by atoms with E-state index >= 15 is 0 Å². The molecule has 1 fully saturated rings. The highest BCUT2D eigenvalue weighted by Crippen LogP contribution is 2.18. The van der Waals surface area contributed by atoms with Crippen LogP contribution in [-0.4, -0.2) is 18.8 Å². The van der Waals surface area contributed by atoms with E-state index in [9.17, 15) is 0 Å². The lowest BCUT2D eigenvalue weighted by molar-refractivity contribution is -0.0312. The summed E-state index contributed by atoms with van der Waals surface area (Å²) in [4.78, 5) is 0. The molecular formula is C14H21NO. The summed E-state index contributed by atoms with van der Waals surface area (Å²) in [6.07, 6.45) is 2.08. The van der Waals surface area contributed by atoms with Crippen LogP contribution in [0.5, 0.6) is 0 Å².